The number of aromatic nitrogens is 1. The molecule has 0 unspecified atom stereocenters. The zero-order valence-electron chi connectivity index (χ0n) is 8.95. The Morgan fingerprint density at radius 3 is 2.93 bits per heavy atom. The number of aryl methyl sites for hydroxylation is 1. The molecule has 1 aromatic heterocycles. The highest BCUT2D eigenvalue weighted by atomic mass is 32.1. The van der Waals surface area contributed by atoms with E-state index in [1.54, 1.807) is 0 Å². The highest BCUT2D eigenvalue weighted by Crippen LogP contribution is 2.18. The Bertz CT molecular complexity index is 335. The Morgan fingerprint density at radius 1 is 1.60 bits per heavy atom. The molecular weight excluding hydrogens is 214 g/mol. The molecule has 15 heavy (non-hydrogen) atoms. The maximum Gasteiger partial charge on any atom is 0.216 e. The van der Waals surface area contributed by atoms with Gasteiger partial charge in [-0.2, -0.15) is 0 Å². The van der Waals surface area contributed by atoms with E-state index in [4.69, 9.17) is 9.84 Å². The van der Waals surface area contributed by atoms with Gasteiger partial charge in [-0.3, -0.25) is 4.79 Å². The second-order valence-corrected chi connectivity index (χ2v) is 4.15. The summed E-state index contributed by atoms with van der Waals surface area (Å²) in [4.78, 5) is 16.7. The maximum absolute atomic E-state index is 11.5. The molecular formula is C10H15NO3S. The standard InChI is InChI=1S/C10H15NO3S/c1-3-14-6-8(13)10-11-7(2)9(15-10)4-5-12/h12H,3-6H2,1-2H3. The minimum Gasteiger partial charge on any atom is -0.396 e. The highest BCUT2D eigenvalue weighted by molar-refractivity contribution is 7.13. The number of carbonyl (C=O) groups excluding carboxylic acids is 1. The largest absolute Gasteiger partial charge is 0.396 e. The number of ketones is 1. The monoisotopic (exact) mass is 229 g/mol. The molecule has 1 aromatic rings. The molecule has 84 valence electrons. The van der Waals surface area contributed by atoms with Crippen LogP contribution in [0.25, 0.3) is 0 Å². The van der Waals surface area contributed by atoms with Crippen molar-refractivity contribution >= 4 is 17.1 Å². The van der Waals surface area contributed by atoms with Crippen molar-refractivity contribution in [3.05, 3.63) is 15.6 Å². The molecule has 0 aliphatic rings. The number of thiazole rings is 1. The number of aliphatic hydroxyl groups is 1. The van der Waals surface area contributed by atoms with E-state index in [9.17, 15) is 4.79 Å². The summed E-state index contributed by atoms with van der Waals surface area (Å²) in [6.45, 7) is 4.39. The number of Topliss-reactive ketones (excluding diaryl/α,β-unsaturated/α-hetero) is 1. The summed E-state index contributed by atoms with van der Waals surface area (Å²) in [5.74, 6) is -0.0888. The molecule has 4 nitrogen and oxygen atoms in total. The Labute approximate surface area is 92.9 Å². The lowest BCUT2D eigenvalue weighted by atomic mass is 10.3. The number of carbonyl (C=O) groups is 1. The number of aliphatic hydroxyl groups excluding tert-OH is 1. The van der Waals surface area contributed by atoms with Crippen LogP contribution in [0.4, 0.5) is 0 Å². The van der Waals surface area contributed by atoms with Gasteiger partial charge in [-0.05, 0) is 13.8 Å². The van der Waals surface area contributed by atoms with Crippen LogP contribution in [0.2, 0.25) is 0 Å². The van der Waals surface area contributed by atoms with E-state index < -0.39 is 0 Å². The van der Waals surface area contributed by atoms with E-state index in [1.165, 1.54) is 11.3 Å². The van der Waals surface area contributed by atoms with Crippen molar-refractivity contribution < 1.29 is 14.6 Å². The molecule has 0 aliphatic carbocycles. The summed E-state index contributed by atoms with van der Waals surface area (Å²) < 4.78 is 5.03. The lowest BCUT2D eigenvalue weighted by molar-refractivity contribution is 0.0783. The van der Waals surface area contributed by atoms with Gasteiger partial charge in [-0.1, -0.05) is 0 Å². The van der Waals surface area contributed by atoms with Crippen LogP contribution in [0, 0.1) is 6.92 Å². The second kappa shape index (κ2) is 5.95. The van der Waals surface area contributed by atoms with Crippen LogP contribution in [0.1, 0.15) is 27.3 Å². The average Bonchev–Trinajstić information content (AvgIpc) is 2.58. The van der Waals surface area contributed by atoms with E-state index >= 15 is 0 Å². The molecule has 0 aliphatic heterocycles. The van der Waals surface area contributed by atoms with Crippen molar-refractivity contribution in [1.29, 1.82) is 0 Å². The van der Waals surface area contributed by atoms with Crippen molar-refractivity contribution in [2.45, 2.75) is 20.3 Å². The summed E-state index contributed by atoms with van der Waals surface area (Å²) in [5.41, 5.74) is 0.828. The van der Waals surface area contributed by atoms with Crippen molar-refractivity contribution in [2.75, 3.05) is 19.8 Å². The summed E-state index contributed by atoms with van der Waals surface area (Å²) in [6, 6.07) is 0. The Morgan fingerprint density at radius 2 is 2.33 bits per heavy atom. The molecule has 0 saturated carbocycles. The minimum atomic E-state index is -0.0888. The zero-order chi connectivity index (χ0) is 11.3. The predicted molar refractivity (Wildman–Crippen MR) is 58.5 cm³/mol. The first kappa shape index (κ1) is 12.3. The van der Waals surface area contributed by atoms with Crippen molar-refractivity contribution in [2.24, 2.45) is 0 Å². The van der Waals surface area contributed by atoms with Crippen LogP contribution in [0.5, 0.6) is 0 Å². The van der Waals surface area contributed by atoms with Gasteiger partial charge >= 0.3 is 0 Å². The molecule has 0 saturated heterocycles. The lowest BCUT2D eigenvalue weighted by Crippen LogP contribution is -2.08. The van der Waals surface area contributed by atoms with Crippen molar-refractivity contribution in [3.63, 3.8) is 0 Å². The summed E-state index contributed by atoms with van der Waals surface area (Å²) >= 11 is 1.34. The smallest absolute Gasteiger partial charge is 0.216 e. The molecule has 1 N–H and O–H groups in total. The summed E-state index contributed by atoms with van der Waals surface area (Å²) in [5, 5.41) is 9.28. The van der Waals surface area contributed by atoms with Crippen LogP contribution in [-0.2, 0) is 11.2 Å². The molecule has 0 bridgehead atoms. The first-order chi connectivity index (χ1) is 7.19. The van der Waals surface area contributed by atoms with Crippen LogP contribution in [0.3, 0.4) is 0 Å². The summed E-state index contributed by atoms with van der Waals surface area (Å²) in [7, 11) is 0. The van der Waals surface area contributed by atoms with Gasteiger partial charge in [0.05, 0.1) is 5.69 Å². The molecule has 0 amide bonds. The molecule has 0 fully saturated rings. The predicted octanol–water partition coefficient (Wildman–Crippen LogP) is 1.21. The number of hydrogen-bond acceptors (Lipinski definition) is 5. The quantitative estimate of drug-likeness (QED) is 0.745. The third-order valence-corrected chi connectivity index (χ3v) is 3.17. The molecule has 0 atom stereocenters. The number of nitrogens with zero attached hydrogens (tertiary/aromatic N) is 1. The normalized spacial score (nSPS) is 10.6. The Kier molecular flexibility index (Phi) is 4.87. The van der Waals surface area contributed by atoms with Gasteiger partial charge in [-0.25, -0.2) is 4.98 Å². The average molecular weight is 229 g/mol. The Balaban J connectivity index is 2.69. The first-order valence-electron chi connectivity index (χ1n) is 4.87. The van der Waals surface area contributed by atoms with Crippen LogP contribution in [-0.4, -0.2) is 35.7 Å². The van der Waals surface area contributed by atoms with Crippen molar-refractivity contribution in [1.82, 2.24) is 4.98 Å². The number of ether oxygens (including phenoxy) is 1. The fourth-order valence-electron chi connectivity index (χ4n) is 1.14. The van der Waals surface area contributed by atoms with E-state index in [1.807, 2.05) is 13.8 Å². The van der Waals surface area contributed by atoms with Crippen LogP contribution < -0.4 is 0 Å². The van der Waals surface area contributed by atoms with E-state index in [0.29, 0.717) is 18.0 Å². The molecule has 0 spiro atoms. The second-order valence-electron chi connectivity index (χ2n) is 3.06. The van der Waals surface area contributed by atoms with Gasteiger partial charge in [0.2, 0.25) is 5.78 Å². The third kappa shape index (κ3) is 3.37. The highest BCUT2D eigenvalue weighted by Gasteiger charge is 2.13. The Hall–Kier alpha value is -0.780. The SMILES string of the molecule is CCOCC(=O)c1nc(C)c(CCO)s1. The molecule has 1 rings (SSSR count). The number of rotatable bonds is 6. The molecule has 0 radical (unpaired) electrons. The topological polar surface area (TPSA) is 59.4 Å². The van der Waals surface area contributed by atoms with E-state index in [-0.39, 0.29) is 19.0 Å². The van der Waals surface area contributed by atoms with Gasteiger partial charge in [0.1, 0.15) is 6.61 Å². The lowest BCUT2D eigenvalue weighted by Gasteiger charge is -1.95. The van der Waals surface area contributed by atoms with E-state index in [0.717, 1.165) is 10.6 Å². The van der Waals surface area contributed by atoms with E-state index in [2.05, 4.69) is 4.98 Å². The summed E-state index contributed by atoms with van der Waals surface area (Å²) in [6.07, 6.45) is 0.561. The van der Waals surface area contributed by atoms with Crippen LogP contribution >= 0.6 is 11.3 Å². The van der Waals surface area contributed by atoms with Gasteiger partial charge in [0, 0.05) is 24.5 Å². The maximum atomic E-state index is 11.5. The van der Waals surface area contributed by atoms with Gasteiger partial charge < -0.3 is 9.84 Å². The van der Waals surface area contributed by atoms with Gasteiger partial charge in [0.25, 0.3) is 0 Å². The molecule has 0 aromatic carbocycles. The first-order valence-corrected chi connectivity index (χ1v) is 5.68. The zero-order valence-corrected chi connectivity index (χ0v) is 9.76. The van der Waals surface area contributed by atoms with Gasteiger partial charge in [-0.15, -0.1) is 11.3 Å². The van der Waals surface area contributed by atoms with Crippen LogP contribution in [0.15, 0.2) is 0 Å². The minimum absolute atomic E-state index is 0.0853. The molecule has 5 heteroatoms. The third-order valence-electron chi connectivity index (χ3n) is 1.91. The fourth-order valence-corrected chi connectivity index (χ4v) is 2.11. The van der Waals surface area contributed by atoms with Gasteiger partial charge in [0.15, 0.2) is 5.01 Å². The fraction of sp³-hybridized carbons (Fsp3) is 0.600. The molecule has 1 heterocycles. The van der Waals surface area contributed by atoms with Crippen molar-refractivity contribution in [3.8, 4) is 0 Å². The number of hydrogen-bond donors (Lipinski definition) is 1.